The molecule has 0 aliphatic carbocycles. The van der Waals surface area contributed by atoms with Crippen LogP contribution in [0.2, 0.25) is 0 Å². The number of rotatable bonds is 5. The first-order valence-corrected chi connectivity index (χ1v) is 7.63. The summed E-state index contributed by atoms with van der Waals surface area (Å²) in [6, 6.07) is 4.39. The molecule has 10 heteroatoms. The van der Waals surface area contributed by atoms with E-state index in [1.54, 1.807) is 19.1 Å². The normalized spacial score (nSPS) is 26.6. The molecule has 3 heterocycles. The largest absolute Gasteiger partial charge is 0.468 e. The monoisotopic (exact) mass is 356 g/mol. The Hall–Kier alpha value is -2.30. The lowest BCUT2D eigenvalue weighted by Gasteiger charge is -2.20. The molecule has 2 aromatic heterocycles. The maximum atomic E-state index is 14.4. The molecule has 0 bridgehead atoms. The third-order valence-electron chi connectivity index (χ3n) is 4.08. The zero-order chi connectivity index (χ0) is 18.2. The average molecular weight is 356 g/mol. The third-order valence-corrected chi connectivity index (χ3v) is 4.08. The van der Waals surface area contributed by atoms with Gasteiger partial charge < -0.3 is 25.3 Å². The lowest BCUT2D eigenvalue weighted by atomic mass is 10.1. The van der Waals surface area contributed by atoms with Gasteiger partial charge in [0.1, 0.15) is 23.8 Å². The summed E-state index contributed by atoms with van der Waals surface area (Å²) in [5.74, 6) is -3.13. The third kappa shape index (κ3) is 3.28. The Balaban J connectivity index is 1.74. The number of anilines is 1. The SMILES string of the molecule is CC(NC[C@H]1O[C@@H](n2ccc(N)nc2=O)C(F)(F)[C@@H]1O)c1ccco1. The lowest BCUT2D eigenvalue weighted by molar-refractivity contribution is -0.140. The van der Waals surface area contributed by atoms with Crippen molar-refractivity contribution in [1.82, 2.24) is 14.9 Å². The number of ether oxygens (including phenoxy) is 1. The Labute approximate surface area is 141 Å². The number of aliphatic hydroxyl groups excluding tert-OH is 1. The summed E-state index contributed by atoms with van der Waals surface area (Å²) in [5.41, 5.74) is 4.38. The number of furan rings is 1. The molecule has 0 spiro atoms. The van der Waals surface area contributed by atoms with E-state index in [1.165, 1.54) is 12.3 Å². The number of aliphatic hydroxyl groups is 1. The Morgan fingerprint density at radius 3 is 2.92 bits per heavy atom. The predicted molar refractivity (Wildman–Crippen MR) is 82.9 cm³/mol. The first-order valence-electron chi connectivity index (χ1n) is 7.63. The summed E-state index contributed by atoms with van der Waals surface area (Å²) in [7, 11) is 0. The topological polar surface area (TPSA) is 116 Å². The second kappa shape index (κ2) is 6.54. The van der Waals surface area contributed by atoms with Crippen molar-refractivity contribution in [3.63, 3.8) is 0 Å². The van der Waals surface area contributed by atoms with Crippen molar-refractivity contribution in [1.29, 1.82) is 0 Å². The van der Waals surface area contributed by atoms with E-state index in [2.05, 4.69) is 10.3 Å². The number of nitrogens with zero attached hydrogens (tertiary/aromatic N) is 2. The number of hydrogen-bond donors (Lipinski definition) is 3. The number of nitrogens with two attached hydrogens (primary N) is 1. The van der Waals surface area contributed by atoms with E-state index in [4.69, 9.17) is 14.9 Å². The van der Waals surface area contributed by atoms with Crippen LogP contribution in [0.1, 0.15) is 25.0 Å². The maximum Gasteiger partial charge on any atom is 0.351 e. The van der Waals surface area contributed by atoms with Crippen LogP contribution >= 0.6 is 0 Å². The molecular formula is C15H18F2N4O4. The molecule has 4 atom stereocenters. The van der Waals surface area contributed by atoms with Gasteiger partial charge in [-0.2, -0.15) is 13.8 Å². The van der Waals surface area contributed by atoms with Crippen molar-refractivity contribution >= 4 is 5.82 Å². The molecule has 1 saturated heterocycles. The van der Waals surface area contributed by atoms with Crippen molar-refractivity contribution in [2.75, 3.05) is 12.3 Å². The first-order chi connectivity index (χ1) is 11.8. The Morgan fingerprint density at radius 2 is 2.28 bits per heavy atom. The summed E-state index contributed by atoms with van der Waals surface area (Å²) < 4.78 is 39.8. The fourth-order valence-electron chi connectivity index (χ4n) is 2.67. The van der Waals surface area contributed by atoms with Crippen molar-refractivity contribution in [2.24, 2.45) is 0 Å². The zero-order valence-corrected chi connectivity index (χ0v) is 13.3. The molecule has 136 valence electrons. The zero-order valence-electron chi connectivity index (χ0n) is 13.3. The quantitative estimate of drug-likeness (QED) is 0.721. The van der Waals surface area contributed by atoms with Crippen LogP contribution in [0.3, 0.4) is 0 Å². The number of nitrogen functional groups attached to an aromatic ring is 1. The minimum Gasteiger partial charge on any atom is -0.468 e. The van der Waals surface area contributed by atoms with Crippen molar-refractivity contribution in [3.8, 4) is 0 Å². The number of aromatic nitrogens is 2. The molecule has 1 aliphatic heterocycles. The molecule has 0 saturated carbocycles. The van der Waals surface area contributed by atoms with Crippen LogP contribution < -0.4 is 16.7 Å². The summed E-state index contributed by atoms with van der Waals surface area (Å²) in [4.78, 5) is 15.2. The smallest absolute Gasteiger partial charge is 0.351 e. The van der Waals surface area contributed by atoms with Crippen LogP contribution in [0.25, 0.3) is 0 Å². The molecule has 1 fully saturated rings. The van der Waals surface area contributed by atoms with Gasteiger partial charge >= 0.3 is 11.6 Å². The van der Waals surface area contributed by atoms with Gasteiger partial charge in [0.25, 0.3) is 0 Å². The van der Waals surface area contributed by atoms with Gasteiger partial charge in [0.15, 0.2) is 0 Å². The van der Waals surface area contributed by atoms with Crippen LogP contribution in [0.15, 0.2) is 39.9 Å². The molecule has 3 rings (SSSR count). The van der Waals surface area contributed by atoms with Gasteiger partial charge in [0, 0.05) is 12.7 Å². The number of nitrogens with one attached hydrogen (secondary N) is 1. The molecule has 2 aromatic rings. The maximum absolute atomic E-state index is 14.4. The minimum atomic E-state index is -3.66. The number of halogens is 2. The summed E-state index contributed by atoms with van der Waals surface area (Å²) >= 11 is 0. The first kappa shape index (κ1) is 17.5. The van der Waals surface area contributed by atoms with Gasteiger partial charge in [0.05, 0.1) is 12.3 Å². The van der Waals surface area contributed by atoms with E-state index in [1.807, 2.05) is 0 Å². The standard InChI is InChI=1S/C15H18F2N4O4/c1-8(9-3-2-6-24-9)19-7-10-12(22)15(16,17)13(25-10)21-5-4-11(18)20-14(21)23/h2-6,8,10,12-13,19,22H,7H2,1H3,(H2,18,20,23)/t8?,10-,12-,13-/m1/s1. The molecule has 0 amide bonds. The van der Waals surface area contributed by atoms with Crippen LogP contribution in [0.5, 0.6) is 0 Å². The predicted octanol–water partition coefficient (Wildman–Crippen LogP) is 0.663. The van der Waals surface area contributed by atoms with E-state index in [9.17, 15) is 18.7 Å². The number of alkyl halides is 2. The van der Waals surface area contributed by atoms with Crippen LogP contribution in [-0.4, -0.2) is 39.3 Å². The van der Waals surface area contributed by atoms with Crippen LogP contribution in [0.4, 0.5) is 14.6 Å². The second-order valence-electron chi connectivity index (χ2n) is 5.83. The van der Waals surface area contributed by atoms with E-state index >= 15 is 0 Å². The Kier molecular flexibility index (Phi) is 4.58. The highest BCUT2D eigenvalue weighted by atomic mass is 19.3. The van der Waals surface area contributed by atoms with Crippen LogP contribution in [0, 0.1) is 0 Å². The summed E-state index contributed by atoms with van der Waals surface area (Å²) in [6.45, 7) is 1.72. The van der Waals surface area contributed by atoms with Gasteiger partial charge in [0.2, 0.25) is 6.23 Å². The molecule has 1 aliphatic rings. The fourth-order valence-corrected chi connectivity index (χ4v) is 2.67. The van der Waals surface area contributed by atoms with Crippen LogP contribution in [-0.2, 0) is 4.74 Å². The second-order valence-corrected chi connectivity index (χ2v) is 5.83. The highest BCUT2D eigenvalue weighted by Gasteiger charge is 2.59. The number of hydrogen-bond acceptors (Lipinski definition) is 7. The van der Waals surface area contributed by atoms with Gasteiger partial charge in [-0.05, 0) is 25.1 Å². The molecule has 0 radical (unpaired) electrons. The van der Waals surface area contributed by atoms with Gasteiger partial charge in [-0.3, -0.25) is 4.57 Å². The molecule has 1 unspecified atom stereocenters. The fraction of sp³-hybridized carbons (Fsp3) is 0.467. The van der Waals surface area contributed by atoms with E-state index in [-0.39, 0.29) is 18.4 Å². The van der Waals surface area contributed by atoms with Crippen molar-refractivity contribution < 1.29 is 23.0 Å². The molecule has 0 aromatic carbocycles. The Bertz CT molecular complexity index is 780. The highest BCUT2D eigenvalue weighted by molar-refractivity contribution is 5.23. The molecule has 8 nitrogen and oxygen atoms in total. The summed E-state index contributed by atoms with van der Waals surface area (Å²) in [5, 5.41) is 12.9. The Morgan fingerprint density at radius 1 is 1.52 bits per heavy atom. The molecule has 25 heavy (non-hydrogen) atoms. The lowest BCUT2D eigenvalue weighted by Crippen LogP contribution is -2.43. The average Bonchev–Trinajstić information content (AvgIpc) is 3.15. The van der Waals surface area contributed by atoms with Crippen molar-refractivity contribution in [3.05, 3.63) is 46.9 Å². The highest BCUT2D eigenvalue weighted by Crippen LogP contribution is 2.42. The molecule has 4 N–H and O–H groups in total. The summed E-state index contributed by atoms with van der Waals surface area (Å²) in [6.07, 6.45) is -2.70. The molecular weight excluding hydrogens is 338 g/mol. The van der Waals surface area contributed by atoms with Crippen molar-refractivity contribution in [2.45, 2.75) is 37.3 Å². The van der Waals surface area contributed by atoms with Gasteiger partial charge in [-0.25, -0.2) is 4.79 Å². The van der Waals surface area contributed by atoms with E-state index < -0.39 is 30.0 Å². The van der Waals surface area contributed by atoms with E-state index in [0.29, 0.717) is 10.3 Å². The van der Waals surface area contributed by atoms with Gasteiger partial charge in [-0.15, -0.1) is 0 Å². The minimum absolute atomic E-state index is 0.0632. The van der Waals surface area contributed by atoms with E-state index in [0.717, 1.165) is 6.20 Å². The van der Waals surface area contributed by atoms with Gasteiger partial charge in [-0.1, -0.05) is 0 Å².